The van der Waals surface area contributed by atoms with Gasteiger partial charge in [0, 0.05) is 64.7 Å². The number of rotatable bonds is 19. The smallest absolute Gasteiger partial charge is 0.329 e. The Morgan fingerprint density at radius 1 is 0.862 bits per heavy atom. The van der Waals surface area contributed by atoms with E-state index in [1.165, 1.54) is 19.1 Å². The summed E-state index contributed by atoms with van der Waals surface area (Å²) in [7, 11) is 4.44. The zero-order chi connectivity index (χ0) is 64.7. The van der Waals surface area contributed by atoms with Crippen molar-refractivity contribution >= 4 is 70.7 Å². The molecular weight excluding hydrogens is 1150 g/mol. The van der Waals surface area contributed by atoms with Gasteiger partial charge in [-0.05, 0) is 119 Å². The highest BCUT2D eigenvalue weighted by molar-refractivity contribution is 8.00. The van der Waals surface area contributed by atoms with Crippen LogP contribution in [0.1, 0.15) is 138 Å². The van der Waals surface area contributed by atoms with Crippen LogP contribution in [0.4, 0.5) is 0 Å². The van der Waals surface area contributed by atoms with E-state index in [0.717, 1.165) is 17.3 Å². The first-order chi connectivity index (χ1) is 41.2. The Kier molecular flexibility index (Phi) is 31.2. The number of aliphatic hydroxyl groups is 1. The minimum atomic E-state index is -1.38. The summed E-state index contributed by atoms with van der Waals surface area (Å²) >= 11 is 0.947. The molecule has 3 fully saturated rings. The lowest BCUT2D eigenvalue weighted by molar-refractivity contribution is -0.170. The Labute approximate surface area is 516 Å². The largest absolute Gasteiger partial charge is 0.480 e. The minimum absolute atomic E-state index is 0.0104. The number of hydrogen-bond acceptors (Lipinski definition) is 19. The van der Waals surface area contributed by atoms with Crippen molar-refractivity contribution in [3.05, 3.63) is 47.6 Å². The van der Waals surface area contributed by atoms with E-state index in [-0.39, 0.29) is 79.2 Å². The van der Waals surface area contributed by atoms with E-state index >= 15 is 0 Å². The Bertz CT molecular complexity index is 2500. The Hall–Kier alpha value is -5.63. The molecular formula is C63H96N4O19S. The van der Waals surface area contributed by atoms with Gasteiger partial charge in [0.1, 0.15) is 61.0 Å². The second kappa shape index (κ2) is 36.8. The van der Waals surface area contributed by atoms with Crippen molar-refractivity contribution in [1.82, 2.24) is 15.5 Å². The van der Waals surface area contributed by atoms with Gasteiger partial charge in [0.05, 0.1) is 24.1 Å². The zero-order valence-corrected chi connectivity index (χ0v) is 53.1. The van der Waals surface area contributed by atoms with Gasteiger partial charge in [-0.2, -0.15) is 0 Å². The van der Waals surface area contributed by atoms with Crippen LogP contribution in [0.2, 0.25) is 0 Å². The number of ketones is 3. The molecule has 23 nitrogen and oxygen atoms in total. The number of Topliss-reactive ketones (excluding diaryl/α,β-unsaturated/α-hetero) is 3. The number of aliphatic hydroxyl groups excluding tert-OH is 1. The van der Waals surface area contributed by atoms with Crippen LogP contribution >= 0.6 is 11.8 Å². The molecule has 4 rings (SSSR count). The maximum absolute atomic E-state index is 14.7. The van der Waals surface area contributed by atoms with E-state index in [1.807, 2.05) is 58.1 Å². The normalized spacial score (nSPS) is 31.8. The zero-order valence-electron chi connectivity index (χ0n) is 52.3. The molecule has 1 saturated carbocycles. The molecule has 3 heterocycles. The lowest BCUT2D eigenvalue weighted by Gasteiger charge is -2.39. The molecule has 7 N–H and O–H groups in total. The van der Waals surface area contributed by atoms with Crippen molar-refractivity contribution in [2.24, 2.45) is 41.2 Å². The van der Waals surface area contributed by atoms with Crippen LogP contribution in [-0.4, -0.2) is 192 Å². The molecule has 0 aromatic rings. The van der Waals surface area contributed by atoms with Crippen LogP contribution < -0.4 is 16.4 Å². The Morgan fingerprint density at radius 3 is 2.25 bits per heavy atom. The van der Waals surface area contributed by atoms with E-state index in [1.54, 1.807) is 34.0 Å². The fourth-order valence-electron chi connectivity index (χ4n) is 11.8. The molecule has 4 aliphatic rings. The Balaban J connectivity index is 1.57. The molecule has 2 bridgehead atoms. The summed E-state index contributed by atoms with van der Waals surface area (Å²) < 4.78 is 36.0. The highest BCUT2D eigenvalue weighted by atomic mass is 32.2. The molecule has 2 saturated heterocycles. The van der Waals surface area contributed by atoms with Crippen LogP contribution in [0.15, 0.2) is 47.6 Å². The molecule has 24 heteroatoms. The fourth-order valence-corrected chi connectivity index (χ4v) is 12.6. The summed E-state index contributed by atoms with van der Waals surface area (Å²) in [6.45, 7) is 12.1. The number of amides is 3. The van der Waals surface area contributed by atoms with Gasteiger partial charge >= 0.3 is 23.9 Å². The number of nitrogens with one attached hydrogen (secondary N) is 2. The van der Waals surface area contributed by atoms with E-state index in [9.17, 15) is 53.1 Å². The minimum Gasteiger partial charge on any atom is -0.480 e. The Morgan fingerprint density at radius 2 is 1.59 bits per heavy atom. The fraction of sp³-hybridized carbons (Fsp3) is 0.714. The first-order valence-corrected chi connectivity index (χ1v) is 31.6. The number of nitrogens with two attached hydrogens (primary N) is 1. The van der Waals surface area contributed by atoms with E-state index in [2.05, 4.69) is 10.6 Å². The van der Waals surface area contributed by atoms with Gasteiger partial charge in [-0.1, -0.05) is 71.1 Å². The molecule has 3 amide bonds. The van der Waals surface area contributed by atoms with E-state index in [4.69, 9.17) is 44.4 Å². The van der Waals surface area contributed by atoms with Crippen molar-refractivity contribution in [3.63, 3.8) is 0 Å². The number of allylic oxidation sites excluding steroid dienone is 6. The number of carboxylic acids is 2. The molecule has 0 radical (unpaired) electrons. The number of hydrogen-bond donors (Lipinski definition) is 6. The first-order valence-electron chi connectivity index (χ1n) is 30.5. The van der Waals surface area contributed by atoms with Crippen molar-refractivity contribution < 1.29 is 91.7 Å². The molecule has 17 atom stereocenters. The number of thioether (sulfide) groups is 1. The summed E-state index contributed by atoms with van der Waals surface area (Å²) in [5.74, 6) is -10.4. The van der Waals surface area contributed by atoms with Crippen LogP contribution in [-0.2, 0) is 76.4 Å². The SMILES string of the molecule is CO[C@H]1C[C@@H]2CC[C@@H](C)[C@@H](O2)C(=O)C(=O)N2CCCC[C@H]2C(=O)OC([C@H](C)C[C@@H]2CC[C@@H](OC(=O)CSC[C@H](NC(=O)CC[C@H](N)C(=O)O)C(=O)NCC(=O)O)[C@H](OC)C2)CC(=O)[C@H](C)/C=C(\C)[C@@H](O)[C@@H](OC)C(=O)[C@H](C)C[C@@H](C)/C=C\C=CC=C1C. The summed E-state index contributed by atoms with van der Waals surface area (Å²) in [5.41, 5.74) is 6.76. The molecule has 1 unspecified atom stereocenters. The first kappa shape index (κ1) is 73.8. The molecule has 3 aliphatic heterocycles. The van der Waals surface area contributed by atoms with Crippen molar-refractivity contribution in [1.29, 1.82) is 0 Å². The van der Waals surface area contributed by atoms with E-state index in [0.29, 0.717) is 69.8 Å². The molecule has 0 aromatic carbocycles. The monoisotopic (exact) mass is 1240 g/mol. The number of carboxylic acid groups (broad SMARTS) is 2. The average Bonchev–Trinajstić information content (AvgIpc) is 1.47. The molecule has 488 valence electrons. The molecule has 87 heavy (non-hydrogen) atoms. The number of fused-ring (bicyclic) bond motifs is 3. The van der Waals surface area contributed by atoms with E-state index < -0.39 is 133 Å². The lowest BCUT2D eigenvalue weighted by Crippen LogP contribution is -2.55. The lowest BCUT2D eigenvalue weighted by atomic mass is 9.78. The predicted octanol–water partition coefficient (Wildman–Crippen LogP) is 5.02. The summed E-state index contributed by atoms with van der Waals surface area (Å²) in [6.07, 6.45) is 8.97. The summed E-state index contributed by atoms with van der Waals surface area (Å²) in [6, 6.07) is -3.73. The highest BCUT2D eigenvalue weighted by Gasteiger charge is 2.45. The number of methoxy groups -OCH3 is 3. The van der Waals surface area contributed by atoms with Gasteiger partial charge in [-0.25, -0.2) is 4.79 Å². The van der Waals surface area contributed by atoms with Crippen LogP contribution in [0, 0.1) is 35.5 Å². The van der Waals surface area contributed by atoms with Crippen LogP contribution in [0.25, 0.3) is 0 Å². The van der Waals surface area contributed by atoms with Gasteiger partial charge < -0.3 is 65.0 Å². The predicted molar refractivity (Wildman–Crippen MR) is 323 cm³/mol. The maximum Gasteiger partial charge on any atom is 0.329 e. The molecule has 0 aromatic heterocycles. The maximum atomic E-state index is 14.7. The number of carbonyl (C=O) groups is 10. The number of aliphatic carboxylic acids is 2. The van der Waals surface area contributed by atoms with Crippen LogP contribution in [0.3, 0.4) is 0 Å². The molecule has 1 aliphatic carbocycles. The highest BCUT2D eigenvalue weighted by Crippen LogP contribution is 2.36. The number of nitrogens with zero attached hydrogens (tertiary/aromatic N) is 1. The summed E-state index contributed by atoms with van der Waals surface area (Å²) in [4.78, 5) is 134. The topological polar surface area (TPSA) is 340 Å². The number of piperidine rings is 1. The van der Waals surface area contributed by atoms with Crippen molar-refractivity contribution in [3.8, 4) is 0 Å². The third-order valence-electron chi connectivity index (χ3n) is 17.1. The second-order valence-electron chi connectivity index (χ2n) is 24.1. The van der Waals surface area contributed by atoms with Crippen molar-refractivity contribution in [2.75, 3.05) is 45.9 Å². The average molecular weight is 1250 g/mol. The number of ether oxygens (including phenoxy) is 6. The van der Waals surface area contributed by atoms with Gasteiger partial charge in [0.2, 0.25) is 17.6 Å². The quantitative estimate of drug-likeness (QED) is 0.0561. The number of carbonyl (C=O) groups excluding carboxylic acids is 8. The molecule has 0 spiro atoms. The van der Waals surface area contributed by atoms with Gasteiger partial charge in [0.15, 0.2) is 5.78 Å². The van der Waals surface area contributed by atoms with Crippen molar-refractivity contribution in [2.45, 2.75) is 205 Å². The van der Waals surface area contributed by atoms with Crippen LogP contribution in [0.5, 0.6) is 0 Å². The van der Waals surface area contributed by atoms with Gasteiger partial charge in [0.25, 0.3) is 5.91 Å². The third kappa shape index (κ3) is 23.4. The number of cyclic esters (lactones) is 1. The number of esters is 2. The van der Waals surface area contributed by atoms with Gasteiger partial charge in [-0.15, -0.1) is 11.8 Å². The summed E-state index contributed by atoms with van der Waals surface area (Å²) in [5, 5.41) is 34.4. The third-order valence-corrected chi connectivity index (χ3v) is 18.1. The second-order valence-corrected chi connectivity index (χ2v) is 25.2. The standard InChI is InChI=1S/C63H96N4O19S/c1-35-16-12-11-13-17-36(2)49(81-8)30-43-21-19-37(3)58(84-43)57(75)61(77)67-25-15-14-18-46(67)63(80)86-50(31-47(68)38(4)27-41(7)56(74)59(83-10)55(73)40(6)26-35)39(5)28-42-20-23-48(51(29-42)82-9)85-54(72)34-87-33-45(60(76)65-32-53(70)71)66-52(69)24-22-44(64)62(78)79/h11-13,16-17,27,35,37-40,42-46,48-51,56,58-59,74H,14-15,18-26,28-34,64H2,1-10H3,(H,65,76)(H,66,69)(H,70,71)(H,78,79)/b13-11?,16-12-,36-17?,41-27+/t35-,37+,38+,39+,40+,42-,43-,44-,45-,46-,48+,49-,50?,51+,56+,58+,59-/m0/s1. The van der Waals surface area contributed by atoms with Gasteiger partial charge in [-0.3, -0.25) is 43.2 Å².